The van der Waals surface area contributed by atoms with Crippen LogP contribution in [0, 0.1) is 19.3 Å². The molecule has 1 unspecified atom stereocenters. The Morgan fingerprint density at radius 1 is 0.571 bits per heavy atom. The molecule has 470 valence electrons. The van der Waals surface area contributed by atoms with Crippen LogP contribution < -0.4 is 33.1 Å². The number of aromatic amines is 2. The maximum atomic E-state index is 14.4. The van der Waals surface area contributed by atoms with Crippen LogP contribution in [-0.4, -0.2) is 110 Å². The van der Waals surface area contributed by atoms with Gasteiger partial charge < -0.3 is 19.8 Å². The summed E-state index contributed by atoms with van der Waals surface area (Å²) in [6.07, 6.45) is 3.47. The van der Waals surface area contributed by atoms with E-state index in [9.17, 15) is 62.8 Å². The van der Waals surface area contributed by atoms with Gasteiger partial charge in [0.25, 0.3) is 11.1 Å². The van der Waals surface area contributed by atoms with E-state index in [1.165, 1.54) is 36.4 Å². The van der Waals surface area contributed by atoms with Gasteiger partial charge in [-0.15, -0.1) is 0 Å². The fourth-order valence-corrected chi connectivity index (χ4v) is 12.1. The number of aliphatic carboxylic acids is 1. The number of ketones is 2. The molecule has 10 rings (SSSR count). The standard InChI is InChI=1S/C66H65N8O16P/c1-36-51(48-13-9-11-29-71(48)53(36)55(76)42-23-25-44-46(33-42)69-63(84)73(60(44)80)35-50(75)90-66(6,7)8)38-15-19-40(20-16-38)58(78)67-27-31-88-91(86,87)89-32-28-68-59(79)41-21-17-39(18-22-41)52-37(2)54(72-30-12-10-14-49(52)72)56(77)43-24-26-45-47(34-43)70-64(85)74(61(45)81)57(62(82)83)65(3,4)5/h9-26,29-30,33-34,57,86-87,91H,27-28,31-32,35H2,1-8H3,(H,67,78)(H,68,79)(H,69,84)(H,70,85)(H,82,83). The van der Waals surface area contributed by atoms with Gasteiger partial charge in [-0.2, -0.15) is 0 Å². The molecule has 24 nitrogen and oxygen atoms in total. The quantitative estimate of drug-likeness (QED) is 0.0171. The van der Waals surface area contributed by atoms with E-state index in [0.29, 0.717) is 60.4 Å². The number of amides is 2. The van der Waals surface area contributed by atoms with E-state index < -0.39 is 89.6 Å². The molecule has 2 amide bonds. The first kappa shape index (κ1) is 63.8. The Kier molecular flexibility index (Phi) is 17.5. The van der Waals surface area contributed by atoms with Crippen molar-refractivity contribution in [3.8, 4) is 22.3 Å². The summed E-state index contributed by atoms with van der Waals surface area (Å²) in [7, 11) is -4.71. The second-order valence-electron chi connectivity index (χ2n) is 23.8. The van der Waals surface area contributed by atoms with Crippen LogP contribution in [0.2, 0.25) is 0 Å². The van der Waals surface area contributed by atoms with Crippen LogP contribution in [0.5, 0.6) is 0 Å². The smallest absolute Gasteiger partial charge is 0.459 e. The van der Waals surface area contributed by atoms with Crippen LogP contribution >= 0.6 is 8.17 Å². The second kappa shape index (κ2) is 25.0. The molecule has 0 spiro atoms. The molecule has 0 aliphatic heterocycles. The first-order valence-corrected chi connectivity index (χ1v) is 30.5. The van der Waals surface area contributed by atoms with Crippen LogP contribution in [0.25, 0.3) is 55.1 Å². The third-order valence-corrected chi connectivity index (χ3v) is 16.4. The fraction of sp³-hybridized carbons (Fsp3) is 0.242. The molecule has 6 heterocycles. The number of aromatic nitrogens is 6. The van der Waals surface area contributed by atoms with Gasteiger partial charge >= 0.3 is 259 Å². The average molecular weight is 1260 g/mol. The Morgan fingerprint density at radius 3 is 1.43 bits per heavy atom. The van der Waals surface area contributed by atoms with Crippen molar-refractivity contribution >= 4 is 76.3 Å². The monoisotopic (exact) mass is 1260 g/mol. The van der Waals surface area contributed by atoms with E-state index >= 15 is 0 Å². The third-order valence-electron chi connectivity index (χ3n) is 15.3. The molecule has 0 aliphatic carbocycles. The molecule has 1 atom stereocenters. The van der Waals surface area contributed by atoms with Crippen molar-refractivity contribution in [1.29, 1.82) is 0 Å². The number of nitrogens with zero attached hydrogens (tertiary/aromatic N) is 4. The Hall–Kier alpha value is -10.2. The Labute approximate surface area is 518 Å². The van der Waals surface area contributed by atoms with E-state index in [-0.39, 0.29) is 70.4 Å². The number of H-pyrrole nitrogens is 2. The molecule has 0 bridgehead atoms. The average Bonchev–Trinajstić information content (AvgIpc) is 1.71. The van der Waals surface area contributed by atoms with Crippen LogP contribution in [0.4, 0.5) is 0 Å². The fourth-order valence-electron chi connectivity index (χ4n) is 11.3. The molecule has 7 N–H and O–H groups in total. The van der Waals surface area contributed by atoms with Gasteiger partial charge in [-0.25, -0.2) is 23.5 Å². The Morgan fingerprint density at radius 2 is 1.00 bits per heavy atom. The number of esters is 1. The van der Waals surface area contributed by atoms with Gasteiger partial charge in [-0.1, -0.05) is 45.0 Å². The summed E-state index contributed by atoms with van der Waals surface area (Å²) in [6, 6.07) is 31.2. The minimum atomic E-state index is -4.71. The molecular weight excluding hydrogens is 1190 g/mol. The van der Waals surface area contributed by atoms with Gasteiger partial charge in [0.1, 0.15) is 18.2 Å². The third kappa shape index (κ3) is 13.0. The van der Waals surface area contributed by atoms with E-state index in [4.69, 9.17) is 13.8 Å². The predicted octanol–water partition coefficient (Wildman–Crippen LogP) is 7.21. The SMILES string of the molecule is Cc1c(-c2ccc(C(=O)NCCO[PH](O)(O)OCCNC(=O)c3ccc(-c4c(C)c(C(=O)c5ccc6c(=O)n(C(C(=O)O)C(C)(C)C)c(=O)[nH]c6c5)n5ccccc45)cc3)cc2)c2ccccn2c1C(=O)c1ccc2c(=O)n(CC(=O)OC(C)(C)C)c(=O)[nH]c2c1. The molecular formula is C66H65N8O16P. The zero-order chi connectivity index (χ0) is 65.6. The number of nitrogens with one attached hydrogen (secondary N) is 4. The molecule has 0 saturated heterocycles. The van der Waals surface area contributed by atoms with Crippen LogP contribution in [0.3, 0.4) is 0 Å². The van der Waals surface area contributed by atoms with E-state index in [1.807, 2.05) is 24.3 Å². The summed E-state index contributed by atoms with van der Waals surface area (Å²) in [5.41, 5.74) is 1.97. The number of hydrogen-bond donors (Lipinski definition) is 7. The number of carboxylic acids is 1. The van der Waals surface area contributed by atoms with E-state index in [1.54, 1.807) is 137 Å². The zero-order valence-electron chi connectivity index (χ0n) is 50.8. The number of carbonyl (C=O) groups excluding carboxylic acids is 5. The summed E-state index contributed by atoms with van der Waals surface area (Å²) in [6.45, 7) is 11.9. The topological polar surface area (TPSA) is 333 Å². The van der Waals surface area contributed by atoms with Crippen molar-refractivity contribution in [1.82, 2.24) is 38.5 Å². The van der Waals surface area contributed by atoms with Gasteiger partial charge in [0.05, 0.1) is 21.8 Å². The number of carboxylic acid groups (broad SMARTS) is 1. The summed E-state index contributed by atoms with van der Waals surface area (Å²) < 4.78 is 20.6. The Bertz CT molecular complexity index is 4860. The van der Waals surface area contributed by atoms with Crippen molar-refractivity contribution < 1.29 is 57.4 Å². The normalized spacial score (nSPS) is 12.5. The number of hydrogen-bond acceptors (Lipinski definition) is 15. The summed E-state index contributed by atoms with van der Waals surface area (Å²) in [5.74, 6) is -3.90. The van der Waals surface area contributed by atoms with E-state index in [2.05, 4.69) is 20.6 Å². The summed E-state index contributed by atoms with van der Waals surface area (Å²) in [4.78, 5) is 159. The summed E-state index contributed by atoms with van der Waals surface area (Å²) in [5, 5.41) is 15.4. The molecule has 6 aromatic heterocycles. The van der Waals surface area contributed by atoms with Gasteiger partial charge in [-0.05, 0) is 62.6 Å². The van der Waals surface area contributed by atoms with Gasteiger partial charge in [-0.3, -0.25) is 24.0 Å². The van der Waals surface area contributed by atoms with Crippen LogP contribution in [-0.2, 0) is 29.9 Å². The van der Waals surface area contributed by atoms with Gasteiger partial charge in [0.15, 0.2) is 0 Å². The summed E-state index contributed by atoms with van der Waals surface area (Å²) >= 11 is 0. The molecule has 4 aromatic carbocycles. The minimum absolute atomic E-state index is 0.0294. The molecule has 0 fully saturated rings. The molecule has 10 aromatic rings. The van der Waals surface area contributed by atoms with Crippen molar-refractivity contribution in [3.05, 3.63) is 220 Å². The number of ether oxygens (including phenoxy) is 1. The number of pyridine rings is 2. The molecule has 0 saturated carbocycles. The second-order valence-corrected chi connectivity index (χ2v) is 25.5. The van der Waals surface area contributed by atoms with Crippen LogP contribution in [0.1, 0.15) is 112 Å². The molecule has 0 radical (unpaired) electrons. The number of carbonyl (C=O) groups is 6. The van der Waals surface area contributed by atoms with Crippen molar-refractivity contribution in [3.63, 3.8) is 0 Å². The zero-order valence-corrected chi connectivity index (χ0v) is 51.8. The van der Waals surface area contributed by atoms with Gasteiger partial charge in [0, 0.05) is 23.5 Å². The first-order valence-electron chi connectivity index (χ1n) is 28.8. The number of benzene rings is 4. The predicted molar refractivity (Wildman–Crippen MR) is 341 cm³/mol. The van der Waals surface area contributed by atoms with Crippen molar-refractivity contribution in [2.45, 2.75) is 73.6 Å². The molecule has 25 heteroatoms. The maximum absolute atomic E-state index is 14.4. The Balaban J connectivity index is 0.720. The van der Waals surface area contributed by atoms with Gasteiger partial charge in [0.2, 0.25) is 11.6 Å². The first-order chi connectivity index (χ1) is 43.0. The van der Waals surface area contributed by atoms with Crippen molar-refractivity contribution in [2.75, 3.05) is 26.3 Å². The van der Waals surface area contributed by atoms with Crippen molar-refractivity contribution in [2.24, 2.45) is 5.41 Å². The number of rotatable bonds is 20. The van der Waals surface area contributed by atoms with Crippen LogP contribution in [0.15, 0.2) is 153 Å². The molecule has 0 aliphatic rings. The van der Waals surface area contributed by atoms with E-state index in [0.717, 1.165) is 4.57 Å². The number of fused-ring (bicyclic) bond motifs is 4. The molecule has 91 heavy (non-hydrogen) atoms. The minimum Gasteiger partial charge on any atom is -0.459 e.